The lowest BCUT2D eigenvalue weighted by Crippen LogP contribution is -2.33. The van der Waals surface area contributed by atoms with E-state index in [0.29, 0.717) is 22.5 Å². The van der Waals surface area contributed by atoms with E-state index in [1.165, 1.54) is 11.8 Å². The molecular weight excluding hydrogens is 386 g/mol. The number of amides is 3. The van der Waals surface area contributed by atoms with Gasteiger partial charge >= 0.3 is 0 Å². The molecule has 0 aromatic heterocycles. The second-order valence-electron chi connectivity index (χ2n) is 7.41. The molecular formula is C22H23N3O3S. The van der Waals surface area contributed by atoms with Crippen molar-refractivity contribution in [2.75, 3.05) is 10.6 Å². The van der Waals surface area contributed by atoms with Gasteiger partial charge in [0.2, 0.25) is 5.91 Å². The monoisotopic (exact) mass is 409 g/mol. The molecule has 0 saturated heterocycles. The summed E-state index contributed by atoms with van der Waals surface area (Å²) in [4.78, 5) is 38.3. The quantitative estimate of drug-likeness (QED) is 0.711. The minimum atomic E-state index is -0.327. The zero-order valence-electron chi connectivity index (χ0n) is 16.2. The highest BCUT2D eigenvalue weighted by molar-refractivity contribution is 8.00. The van der Waals surface area contributed by atoms with Gasteiger partial charge < -0.3 is 16.0 Å². The van der Waals surface area contributed by atoms with Gasteiger partial charge in [0, 0.05) is 16.5 Å². The van der Waals surface area contributed by atoms with Gasteiger partial charge in [-0.3, -0.25) is 14.4 Å². The van der Waals surface area contributed by atoms with Crippen molar-refractivity contribution in [3.05, 3.63) is 53.6 Å². The first kappa shape index (κ1) is 19.5. The van der Waals surface area contributed by atoms with E-state index in [0.717, 1.165) is 30.6 Å². The summed E-state index contributed by atoms with van der Waals surface area (Å²) in [6.45, 7) is 1.84. The second kappa shape index (κ2) is 8.29. The molecule has 1 atom stereocenters. The third-order valence-corrected chi connectivity index (χ3v) is 6.46. The van der Waals surface area contributed by atoms with E-state index >= 15 is 0 Å². The normalized spacial score (nSPS) is 18.7. The van der Waals surface area contributed by atoms with Gasteiger partial charge in [0.1, 0.15) is 0 Å². The average Bonchev–Trinajstić information content (AvgIpc) is 3.22. The maximum atomic E-state index is 12.8. The minimum Gasteiger partial charge on any atom is -0.349 e. The highest BCUT2D eigenvalue weighted by Crippen LogP contribution is 2.36. The van der Waals surface area contributed by atoms with Crippen LogP contribution < -0.4 is 16.0 Å². The molecule has 29 heavy (non-hydrogen) atoms. The van der Waals surface area contributed by atoms with Gasteiger partial charge in [-0.25, -0.2) is 0 Å². The van der Waals surface area contributed by atoms with Crippen LogP contribution in [0.2, 0.25) is 0 Å². The SMILES string of the molecule is C[C@H]1Sc2ccc(C(=O)Nc3ccccc3C(=O)NC3CCCC3)cc2NC1=O. The van der Waals surface area contributed by atoms with Crippen LogP contribution in [0.4, 0.5) is 11.4 Å². The number of thioether (sulfide) groups is 1. The van der Waals surface area contributed by atoms with E-state index in [2.05, 4.69) is 16.0 Å². The summed E-state index contributed by atoms with van der Waals surface area (Å²) in [5, 5.41) is 8.57. The van der Waals surface area contributed by atoms with Crippen molar-refractivity contribution < 1.29 is 14.4 Å². The van der Waals surface area contributed by atoms with E-state index in [1.54, 1.807) is 36.4 Å². The third-order valence-electron chi connectivity index (χ3n) is 5.28. The number of benzene rings is 2. The number of carbonyl (C=O) groups is 3. The Morgan fingerprint density at radius 1 is 1.07 bits per heavy atom. The van der Waals surface area contributed by atoms with Crippen LogP contribution in [0, 0.1) is 0 Å². The molecule has 2 aromatic carbocycles. The molecule has 3 amide bonds. The molecule has 150 valence electrons. The zero-order valence-corrected chi connectivity index (χ0v) is 17.0. The molecule has 0 unspecified atom stereocenters. The molecule has 6 nitrogen and oxygen atoms in total. The van der Waals surface area contributed by atoms with Crippen LogP contribution in [0.1, 0.15) is 53.3 Å². The van der Waals surface area contributed by atoms with Crippen molar-refractivity contribution in [3.63, 3.8) is 0 Å². The first-order valence-electron chi connectivity index (χ1n) is 9.84. The van der Waals surface area contributed by atoms with E-state index in [-0.39, 0.29) is 29.0 Å². The average molecular weight is 410 g/mol. The van der Waals surface area contributed by atoms with Crippen LogP contribution in [0.3, 0.4) is 0 Å². The molecule has 1 aliphatic heterocycles. The number of para-hydroxylation sites is 1. The smallest absolute Gasteiger partial charge is 0.255 e. The maximum absolute atomic E-state index is 12.8. The Hall–Kier alpha value is -2.80. The fourth-order valence-electron chi connectivity index (χ4n) is 3.67. The molecule has 0 bridgehead atoms. The Morgan fingerprint density at radius 3 is 2.62 bits per heavy atom. The Kier molecular flexibility index (Phi) is 5.58. The predicted molar refractivity (Wildman–Crippen MR) is 115 cm³/mol. The lowest BCUT2D eigenvalue weighted by atomic mass is 10.1. The fourth-order valence-corrected chi connectivity index (χ4v) is 4.60. The lowest BCUT2D eigenvalue weighted by Gasteiger charge is -2.21. The van der Waals surface area contributed by atoms with Gasteiger partial charge in [-0.05, 0) is 50.1 Å². The fraction of sp³-hybridized carbons (Fsp3) is 0.318. The van der Waals surface area contributed by atoms with Gasteiger partial charge in [-0.1, -0.05) is 25.0 Å². The Balaban J connectivity index is 1.51. The van der Waals surface area contributed by atoms with Crippen LogP contribution in [-0.2, 0) is 4.79 Å². The van der Waals surface area contributed by atoms with Crippen molar-refractivity contribution in [1.29, 1.82) is 0 Å². The number of nitrogens with one attached hydrogen (secondary N) is 3. The summed E-state index contributed by atoms with van der Waals surface area (Å²) in [5.41, 5.74) is 1.98. The molecule has 1 heterocycles. The molecule has 0 radical (unpaired) electrons. The minimum absolute atomic E-state index is 0.0750. The van der Waals surface area contributed by atoms with Crippen molar-refractivity contribution >= 4 is 40.9 Å². The molecule has 0 spiro atoms. The number of rotatable bonds is 4. The molecule has 7 heteroatoms. The molecule has 1 saturated carbocycles. The highest BCUT2D eigenvalue weighted by atomic mass is 32.2. The molecule has 1 aliphatic carbocycles. The largest absolute Gasteiger partial charge is 0.349 e. The summed E-state index contributed by atoms with van der Waals surface area (Å²) in [6.07, 6.45) is 4.26. The Morgan fingerprint density at radius 2 is 1.83 bits per heavy atom. The molecule has 4 rings (SSSR count). The summed E-state index contributed by atoms with van der Waals surface area (Å²) in [6, 6.07) is 12.4. The van der Waals surface area contributed by atoms with E-state index in [9.17, 15) is 14.4 Å². The van der Waals surface area contributed by atoms with Crippen LogP contribution in [0.5, 0.6) is 0 Å². The van der Waals surface area contributed by atoms with Crippen LogP contribution in [0.15, 0.2) is 47.4 Å². The van der Waals surface area contributed by atoms with E-state index in [1.807, 2.05) is 13.0 Å². The molecule has 1 fully saturated rings. The second-order valence-corrected chi connectivity index (χ2v) is 8.80. The van der Waals surface area contributed by atoms with Crippen molar-refractivity contribution in [2.24, 2.45) is 0 Å². The summed E-state index contributed by atoms with van der Waals surface area (Å²) in [7, 11) is 0. The first-order chi connectivity index (χ1) is 14.0. The summed E-state index contributed by atoms with van der Waals surface area (Å²) in [5.74, 6) is -0.573. The van der Waals surface area contributed by atoms with Gasteiger partial charge in [-0.15, -0.1) is 11.8 Å². The Labute approximate surface area is 173 Å². The van der Waals surface area contributed by atoms with Gasteiger partial charge in [0.25, 0.3) is 11.8 Å². The zero-order chi connectivity index (χ0) is 20.4. The summed E-state index contributed by atoms with van der Waals surface area (Å²) >= 11 is 1.47. The lowest BCUT2D eigenvalue weighted by molar-refractivity contribution is -0.115. The topological polar surface area (TPSA) is 87.3 Å². The first-order valence-corrected chi connectivity index (χ1v) is 10.7. The van der Waals surface area contributed by atoms with Gasteiger partial charge in [-0.2, -0.15) is 0 Å². The van der Waals surface area contributed by atoms with Crippen LogP contribution in [-0.4, -0.2) is 29.0 Å². The van der Waals surface area contributed by atoms with Crippen molar-refractivity contribution in [1.82, 2.24) is 5.32 Å². The predicted octanol–water partition coefficient (Wildman–Crippen LogP) is 4.04. The number of fused-ring (bicyclic) bond motifs is 1. The van der Waals surface area contributed by atoms with Crippen molar-refractivity contribution in [2.45, 2.75) is 48.8 Å². The number of carbonyl (C=O) groups excluding carboxylic acids is 3. The van der Waals surface area contributed by atoms with Crippen LogP contribution in [0.25, 0.3) is 0 Å². The summed E-state index contributed by atoms with van der Waals surface area (Å²) < 4.78 is 0. The van der Waals surface area contributed by atoms with E-state index < -0.39 is 0 Å². The maximum Gasteiger partial charge on any atom is 0.255 e. The third kappa shape index (κ3) is 4.29. The standard InChI is InChI=1S/C22H23N3O3S/c1-13-20(26)25-18-12-14(10-11-19(18)29-13)21(27)24-17-9-5-4-8-16(17)22(28)23-15-6-2-3-7-15/h4-5,8-13,15H,2-3,6-7H2,1H3,(H,23,28)(H,24,27)(H,25,26)/t13-/m1/s1. The number of hydrogen-bond acceptors (Lipinski definition) is 4. The molecule has 2 aromatic rings. The molecule has 3 N–H and O–H groups in total. The number of anilines is 2. The van der Waals surface area contributed by atoms with Gasteiger partial charge in [0.15, 0.2) is 0 Å². The van der Waals surface area contributed by atoms with Crippen LogP contribution >= 0.6 is 11.8 Å². The highest BCUT2D eigenvalue weighted by Gasteiger charge is 2.24. The number of hydrogen-bond donors (Lipinski definition) is 3. The Bertz CT molecular complexity index is 970. The van der Waals surface area contributed by atoms with E-state index in [4.69, 9.17) is 0 Å². The molecule has 2 aliphatic rings. The van der Waals surface area contributed by atoms with Gasteiger partial charge in [0.05, 0.1) is 22.2 Å². The van der Waals surface area contributed by atoms with Crippen molar-refractivity contribution in [3.8, 4) is 0 Å².